The molecule has 0 saturated heterocycles. The van der Waals surface area contributed by atoms with Crippen molar-refractivity contribution in [2.45, 2.75) is 31.9 Å². The monoisotopic (exact) mass is 570 g/mol. The highest BCUT2D eigenvalue weighted by molar-refractivity contribution is 5.71. The first-order valence-corrected chi connectivity index (χ1v) is 12.4. The Hall–Kier alpha value is -4.55. The topological polar surface area (TPSA) is 122 Å². The average Bonchev–Trinajstić information content (AvgIpc) is 2.96. The molecule has 1 aromatic heterocycles. The molecule has 1 atom stereocenters. The normalized spacial score (nSPS) is 12.2. The Balaban J connectivity index is 1.82. The van der Waals surface area contributed by atoms with E-state index in [4.69, 9.17) is 16.2 Å². The van der Waals surface area contributed by atoms with Crippen molar-refractivity contribution in [1.82, 2.24) is 9.13 Å². The van der Waals surface area contributed by atoms with Gasteiger partial charge in [-0.2, -0.15) is 13.2 Å². The van der Waals surface area contributed by atoms with Crippen molar-refractivity contribution in [3.63, 3.8) is 0 Å². The maximum Gasteiger partial charge on any atom is 0.416 e. The van der Waals surface area contributed by atoms with Gasteiger partial charge in [0.15, 0.2) is 0 Å². The van der Waals surface area contributed by atoms with E-state index in [9.17, 15) is 31.9 Å². The molecule has 1 heterocycles. The first-order chi connectivity index (χ1) is 19.5. The van der Waals surface area contributed by atoms with Crippen LogP contribution in [0.5, 0.6) is 0 Å². The second-order valence-electron chi connectivity index (χ2n) is 9.21. The number of carbonyl (C=O) groups excluding carboxylic acids is 1. The number of aromatic nitrogens is 2. The molecular weight excluding hydrogens is 544 g/mol. The van der Waals surface area contributed by atoms with E-state index in [1.807, 2.05) is 0 Å². The molecule has 0 fully saturated rings. The average molecular weight is 571 g/mol. The predicted molar refractivity (Wildman–Crippen MR) is 143 cm³/mol. The maximum absolute atomic E-state index is 14.7. The van der Waals surface area contributed by atoms with Crippen LogP contribution in [0.15, 0.2) is 88.6 Å². The number of hydrogen-bond acceptors (Lipinski definition) is 6. The Morgan fingerprint density at radius 2 is 1.63 bits per heavy atom. The minimum absolute atomic E-state index is 0.0275. The van der Waals surface area contributed by atoms with Gasteiger partial charge in [-0.15, -0.1) is 0 Å². The SMILES string of the molecule is NCC(=O)OCc1ccc(-c2cn(Cc3c(F)cccc3C(F)(F)F)c(=O)n(C[C@H](N)c3ccccc3)c2=O)cc1. The van der Waals surface area contributed by atoms with E-state index in [0.29, 0.717) is 16.7 Å². The zero-order chi connectivity index (χ0) is 29.7. The Morgan fingerprint density at radius 1 is 0.951 bits per heavy atom. The van der Waals surface area contributed by atoms with Gasteiger partial charge >= 0.3 is 17.8 Å². The molecule has 0 radical (unpaired) electrons. The quantitative estimate of drug-likeness (QED) is 0.234. The molecule has 41 heavy (non-hydrogen) atoms. The molecule has 0 saturated carbocycles. The molecule has 4 aromatic rings. The summed E-state index contributed by atoms with van der Waals surface area (Å²) in [6.45, 7) is -1.44. The molecule has 8 nitrogen and oxygen atoms in total. The van der Waals surface area contributed by atoms with E-state index in [1.54, 1.807) is 42.5 Å². The first kappa shape index (κ1) is 29.4. The van der Waals surface area contributed by atoms with Crippen LogP contribution in [0.1, 0.15) is 28.3 Å². The summed E-state index contributed by atoms with van der Waals surface area (Å²) in [7, 11) is 0. The van der Waals surface area contributed by atoms with Gasteiger partial charge in [0.25, 0.3) is 5.56 Å². The van der Waals surface area contributed by atoms with Gasteiger partial charge in [0, 0.05) is 17.8 Å². The van der Waals surface area contributed by atoms with E-state index in [2.05, 4.69) is 0 Å². The van der Waals surface area contributed by atoms with Crippen LogP contribution in [0.25, 0.3) is 11.1 Å². The second kappa shape index (κ2) is 12.3. The molecule has 4 rings (SSSR count). The zero-order valence-corrected chi connectivity index (χ0v) is 21.6. The van der Waals surface area contributed by atoms with Gasteiger partial charge in [0.1, 0.15) is 12.4 Å². The third-order valence-corrected chi connectivity index (χ3v) is 6.43. The van der Waals surface area contributed by atoms with Crippen LogP contribution in [-0.2, 0) is 35.4 Å². The number of halogens is 4. The summed E-state index contributed by atoms with van der Waals surface area (Å²) >= 11 is 0. The van der Waals surface area contributed by atoms with Crippen molar-refractivity contribution in [2.75, 3.05) is 6.54 Å². The van der Waals surface area contributed by atoms with Crippen molar-refractivity contribution in [1.29, 1.82) is 0 Å². The molecule has 3 aromatic carbocycles. The number of rotatable bonds is 9. The lowest BCUT2D eigenvalue weighted by Gasteiger charge is -2.19. The molecule has 0 unspecified atom stereocenters. The fourth-order valence-corrected chi connectivity index (χ4v) is 4.29. The van der Waals surface area contributed by atoms with Gasteiger partial charge in [-0.1, -0.05) is 60.7 Å². The van der Waals surface area contributed by atoms with Crippen LogP contribution in [-0.4, -0.2) is 21.6 Å². The molecule has 0 aliphatic rings. The highest BCUT2D eigenvalue weighted by Gasteiger charge is 2.34. The number of nitrogens with zero attached hydrogens (tertiary/aromatic N) is 2. The third kappa shape index (κ3) is 6.79. The second-order valence-corrected chi connectivity index (χ2v) is 9.21. The summed E-state index contributed by atoms with van der Waals surface area (Å²) in [6, 6.07) is 16.6. The largest absolute Gasteiger partial charge is 0.460 e. The van der Waals surface area contributed by atoms with Crippen molar-refractivity contribution < 1.29 is 27.1 Å². The standard InChI is InChI=1S/C29H26F4N4O4/c30-24-8-4-7-23(29(31,32)33)22(24)15-36-14-21(19-11-9-18(10-12-19)17-41-26(38)13-34)27(39)37(28(36)40)16-25(35)20-5-2-1-3-6-20/h1-12,14,25H,13,15-17,34-35H2/t25-/m0/s1. The fraction of sp³-hybridized carbons (Fsp3) is 0.207. The van der Waals surface area contributed by atoms with Gasteiger partial charge in [0.2, 0.25) is 0 Å². The Kier molecular flexibility index (Phi) is 8.84. The smallest absolute Gasteiger partial charge is 0.416 e. The van der Waals surface area contributed by atoms with Crippen LogP contribution in [0, 0.1) is 5.82 Å². The van der Waals surface area contributed by atoms with Crippen molar-refractivity contribution >= 4 is 5.97 Å². The number of ether oxygens (including phenoxy) is 1. The van der Waals surface area contributed by atoms with E-state index < -0.39 is 52.9 Å². The highest BCUT2D eigenvalue weighted by atomic mass is 19.4. The molecule has 0 aliphatic heterocycles. The van der Waals surface area contributed by atoms with Crippen molar-refractivity contribution in [3.8, 4) is 11.1 Å². The number of esters is 1. The van der Waals surface area contributed by atoms with Gasteiger partial charge in [0.05, 0.1) is 30.8 Å². The van der Waals surface area contributed by atoms with Crippen molar-refractivity contribution in [3.05, 3.63) is 128 Å². The summed E-state index contributed by atoms with van der Waals surface area (Å²) < 4.78 is 62.4. The number of nitrogens with two attached hydrogens (primary N) is 2. The zero-order valence-electron chi connectivity index (χ0n) is 21.6. The minimum atomic E-state index is -4.88. The predicted octanol–water partition coefficient (Wildman–Crippen LogP) is 3.59. The van der Waals surface area contributed by atoms with Gasteiger partial charge in [-0.3, -0.25) is 18.7 Å². The summed E-state index contributed by atoms with van der Waals surface area (Å²) in [5.41, 5.74) is 9.35. The van der Waals surface area contributed by atoms with E-state index in [1.165, 1.54) is 12.1 Å². The molecule has 0 amide bonds. The van der Waals surface area contributed by atoms with E-state index in [0.717, 1.165) is 33.5 Å². The minimum Gasteiger partial charge on any atom is -0.460 e. The molecule has 4 N–H and O–H groups in total. The van der Waals surface area contributed by atoms with Crippen molar-refractivity contribution in [2.24, 2.45) is 11.5 Å². The molecule has 0 aliphatic carbocycles. The molecule has 12 heteroatoms. The Labute approximate surface area is 231 Å². The summed E-state index contributed by atoms with van der Waals surface area (Å²) in [5, 5.41) is 0. The van der Waals surface area contributed by atoms with E-state index in [-0.39, 0.29) is 25.3 Å². The van der Waals surface area contributed by atoms with Crippen LogP contribution in [0.2, 0.25) is 0 Å². The number of carbonyl (C=O) groups is 1. The lowest BCUT2D eigenvalue weighted by molar-refractivity contribution is -0.143. The maximum atomic E-state index is 14.7. The summed E-state index contributed by atoms with van der Waals surface area (Å²) in [6.07, 6.45) is -3.78. The number of hydrogen-bond donors (Lipinski definition) is 2. The Morgan fingerprint density at radius 3 is 2.27 bits per heavy atom. The summed E-state index contributed by atoms with van der Waals surface area (Å²) in [5.74, 6) is -1.76. The Bertz CT molecular complexity index is 1650. The van der Waals surface area contributed by atoms with Gasteiger partial charge < -0.3 is 16.2 Å². The molecule has 0 spiro atoms. The lowest BCUT2D eigenvalue weighted by Crippen LogP contribution is -2.42. The molecular formula is C29H26F4N4O4. The van der Waals surface area contributed by atoms with Gasteiger partial charge in [-0.05, 0) is 28.8 Å². The van der Waals surface area contributed by atoms with Crippen LogP contribution >= 0.6 is 0 Å². The lowest BCUT2D eigenvalue weighted by atomic mass is 10.0. The first-order valence-electron chi connectivity index (χ1n) is 12.4. The van der Waals surface area contributed by atoms with E-state index >= 15 is 0 Å². The number of alkyl halides is 3. The number of benzene rings is 3. The van der Waals surface area contributed by atoms with Gasteiger partial charge in [-0.25, -0.2) is 9.18 Å². The molecule has 214 valence electrons. The fourth-order valence-electron chi connectivity index (χ4n) is 4.29. The third-order valence-electron chi connectivity index (χ3n) is 6.43. The van der Waals surface area contributed by atoms with Crippen LogP contribution in [0.3, 0.4) is 0 Å². The van der Waals surface area contributed by atoms with Crippen LogP contribution < -0.4 is 22.7 Å². The highest BCUT2D eigenvalue weighted by Crippen LogP contribution is 2.33. The molecule has 0 bridgehead atoms. The van der Waals surface area contributed by atoms with Crippen LogP contribution in [0.4, 0.5) is 17.6 Å². The summed E-state index contributed by atoms with van der Waals surface area (Å²) in [4.78, 5) is 38.4.